The molecule has 0 heterocycles. The van der Waals surface area contributed by atoms with Crippen molar-refractivity contribution in [1.82, 2.24) is 0 Å². The molecule has 2 rings (SSSR count). The van der Waals surface area contributed by atoms with Crippen LogP contribution in [0.5, 0.6) is 5.75 Å². The van der Waals surface area contributed by atoms with Gasteiger partial charge in [-0.15, -0.1) is 0 Å². The maximum atomic E-state index is 12.1. The standard InChI is InChI=1S/C18H18Cl2N2O3/c1-12(23)22(17-8-3-13(19)11-16(17)20)10-9-18(24)21-14-4-6-15(25-2)7-5-14/h3-8,11H,9-10H2,1-2H3,(H,21,24). The third-order valence-electron chi connectivity index (χ3n) is 3.52. The minimum Gasteiger partial charge on any atom is -0.497 e. The van der Waals surface area contributed by atoms with Gasteiger partial charge in [-0.3, -0.25) is 9.59 Å². The van der Waals surface area contributed by atoms with Crippen LogP contribution < -0.4 is 15.0 Å². The summed E-state index contributed by atoms with van der Waals surface area (Å²) in [5.41, 5.74) is 1.18. The van der Waals surface area contributed by atoms with Gasteiger partial charge in [-0.05, 0) is 42.5 Å². The van der Waals surface area contributed by atoms with Gasteiger partial charge in [0.15, 0.2) is 0 Å². The van der Waals surface area contributed by atoms with Crippen molar-refractivity contribution in [3.8, 4) is 5.75 Å². The lowest BCUT2D eigenvalue weighted by Crippen LogP contribution is -2.32. The molecule has 2 amide bonds. The number of rotatable bonds is 6. The van der Waals surface area contributed by atoms with Crippen molar-refractivity contribution < 1.29 is 14.3 Å². The SMILES string of the molecule is COc1ccc(NC(=O)CCN(C(C)=O)c2ccc(Cl)cc2Cl)cc1. The fourth-order valence-electron chi connectivity index (χ4n) is 2.26. The van der Waals surface area contributed by atoms with E-state index in [1.807, 2.05) is 0 Å². The molecule has 5 nitrogen and oxygen atoms in total. The first-order chi connectivity index (χ1) is 11.9. The van der Waals surface area contributed by atoms with Crippen molar-refractivity contribution in [2.24, 2.45) is 0 Å². The fraction of sp³-hybridized carbons (Fsp3) is 0.222. The van der Waals surface area contributed by atoms with Crippen LogP contribution in [0.25, 0.3) is 0 Å². The molecule has 0 bridgehead atoms. The number of nitrogens with zero attached hydrogens (tertiary/aromatic N) is 1. The van der Waals surface area contributed by atoms with Gasteiger partial charge in [-0.1, -0.05) is 23.2 Å². The van der Waals surface area contributed by atoms with Crippen LogP contribution in [0.15, 0.2) is 42.5 Å². The maximum Gasteiger partial charge on any atom is 0.226 e. The number of ether oxygens (including phenoxy) is 1. The van der Waals surface area contributed by atoms with Crippen LogP contribution in [-0.2, 0) is 9.59 Å². The highest BCUT2D eigenvalue weighted by atomic mass is 35.5. The largest absolute Gasteiger partial charge is 0.497 e. The van der Waals surface area contributed by atoms with E-state index in [0.717, 1.165) is 0 Å². The first kappa shape index (κ1) is 19.1. The van der Waals surface area contributed by atoms with Gasteiger partial charge >= 0.3 is 0 Å². The summed E-state index contributed by atoms with van der Waals surface area (Å²) in [6, 6.07) is 11.9. The predicted molar refractivity (Wildman–Crippen MR) is 101 cm³/mol. The van der Waals surface area contributed by atoms with Crippen LogP contribution in [0.1, 0.15) is 13.3 Å². The summed E-state index contributed by atoms with van der Waals surface area (Å²) in [6.07, 6.45) is 0.130. The molecule has 0 fully saturated rings. The summed E-state index contributed by atoms with van der Waals surface area (Å²) < 4.78 is 5.07. The molecule has 0 aliphatic carbocycles. The van der Waals surface area contributed by atoms with Gasteiger partial charge in [0.05, 0.1) is 17.8 Å². The van der Waals surface area contributed by atoms with Crippen LogP contribution in [0, 0.1) is 0 Å². The highest BCUT2D eigenvalue weighted by molar-refractivity contribution is 6.36. The second-order valence-electron chi connectivity index (χ2n) is 5.29. The molecule has 0 radical (unpaired) electrons. The monoisotopic (exact) mass is 380 g/mol. The first-order valence-electron chi connectivity index (χ1n) is 7.57. The van der Waals surface area contributed by atoms with Gasteiger partial charge < -0.3 is 15.0 Å². The third kappa shape index (κ3) is 5.37. The zero-order valence-electron chi connectivity index (χ0n) is 13.9. The van der Waals surface area contributed by atoms with Gasteiger partial charge in [0.1, 0.15) is 5.75 Å². The van der Waals surface area contributed by atoms with Gasteiger partial charge in [0, 0.05) is 30.6 Å². The van der Waals surface area contributed by atoms with Gasteiger partial charge in [0.25, 0.3) is 0 Å². The number of methoxy groups -OCH3 is 1. The number of carbonyl (C=O) groups excluding carboxylic acids is 2. The normalized spacial score (nSPS) is 10.2. The van der Waals surface area contributed by atoms with Gasteiger partial charge in [-0.25, -0.2) is 0 Å². The highest BCUT2D eigenvalue weighted by Gasteiger charge is 2.16. The molecule has 0 aliphatic heterocycles. The molecule has 0 atom stereocenters. The number of amides is 2. The van der Waals surface area contributed by atoms with Crippen LogP contribution >= 0.6 is 23.2 Å². The molecule has 0 aliphatic rings. The second-order valence-corrected chi connectivity index (χ2v) is 6.14. The molecule has 2 aromatic carbocycles. The Kier molecular flexibility index (Phi) is 6.67. The first-order valence-corrected chi connectivity index (χ1v) is 8.33. The van der Waals surface area contributed by atoms with Crippen molar-refractivity contribution in [2.45, 2.75) is 13.3 Å². The Labute approximate surface area is 156 Å². The number of halogens is 2. The molecule has 132 valence electrons. The zero-order valence-corrected chi connectivity index (χ0v) is 15.4. The lowest BCUT2D eigenvalue weighted by Gasteiger charge is -2.22. The molecular weight excluding hydrogens is 363 g/mol. The van der Waals surface area contributed by atoms with E-state index < -0.39 is 0 Å². The predicted octanol–water partition coefficient (Wildman–Crippen LogP) is 4.38. The van der Waals surface area contributed by atoms with Gasteiger partial charge in [-0.2, -0.15) is 0 Å². The van der Waals surface area contributed by atoms with Crippen LogP contribution in [0.3, 0.4) is 0 Å². The lowest BCUT2D eigenvalue weighted by atomic mass is 10.2. The smallest absolute Gasteiger partial charge is 0.226 e. The second kappa shape index (κ2) is 8.74. The van der Waals surface area contributed by atoms with E-state index in [4.69, 9.17) is 27.9 Å². The molecule has 0 spiro atoms. The fourth-order valence-corrected chi connectivity index (χ4v) is 2.77. The minimum atomic E-state index is -0.207. The summed E-state index contributed by atoms with van der Waals surface area (Å²) in [6.45, 7) is 1.63. The Hall–Kier alpha value is -2.24. The summed E-state index contributed by atoms with van der Waals surface area (Å²) in [7, 11) is 1.58. The van der Waals surface area contributed by atoms with Crippen LogP contribution in [0.4, 0.5) is 11.4 Å². The molecule has 0 unspecified atom stereocenters. The van der Waals surface area contributed by atoms with E-state index in [9.17, 15) is 9.59 Å². The molecule has 0 saturated heterocycles. The Morgan fingerprint density at radius 1 is 1.12 bits per heavy atom. The quantitative estimate of drug-likeness (QED) is 0.808. The molecule has 7 heteroatoms. The Balaban J connectivity index is 2.00. The van der Waals surface area contributed by atoms with E-state index in [1.54, 1.807) is 49.6 Å². The Morgan fingerprint density at radius 2 is 1.80 bits per heavy atom. The van der Waals surface area contributed by atoms with Crippen LogP contribution in [0.2, 0.25) is 10.0 Å². The van der Waals surface area contributed by atoms with E-state index in [2.05, 4.69) is 5.32 Å². The topological polar surface area (TPSA) is 58.6 Å². The average Bonchev–Trinajstić information content (AvgIpc) is 2.57. The molecule has 0 saturated carbocycles. The molecule has 25 heavy (non-hydrogen) atoms. The third-order valence-corrected chi connectivity index (χ3v) is 4.05. The van der Waals surface area contributed by atoms with Crippen molar-refractivity contribution in [3.63, 3.8) is 0 Å². The molecule has 0 aromatic heterocycles. The van der Waals surface area contributed by atoms with Crippen molar-refractivity contribution in [1.29, 1.82) is 0 Å². The maximum absolute atomic E-state index is 12.1. The van der Waals surface area contributed by atoms with E-state index in [1.165, 1.54) is 11.8 Å². The summed E-state index contributed by atoms with van der Waals surface area (Å²) in [5, 5.41) is 3.62. The van der Waals surface area contributed by atoms with Crippen molar-refractivity contribution >= 4 is 46.4 Å². The number of carbonyl (C=O) groups is 2. The summed E-state index contributed by atoms with van der Waals surface area (Å²) in [5.74, 6) is 0.293. The van der Waals surface area contributed by atoms with Crippen molar-refractivity contribution in [3.05, 3.63) is 52.5 Å². The van der Waals surface area contributed by atoms with Crippen molar-refractivity contribution in [2.75, 3.05) is 23.9 Å². The van der Waals surface area contributed by atoms with E-state index >= 15 is 0 Å². The molecular formula is C18H18Cl2N2O3. The average molecular weight is 381 g/mol. The summed E-state index contributed by atoms with van der Waals surface area (Å²) in [4.78, 5) is 25.5. The number of hydrogen-bond donors (Lipinski definition) is 1. The molecule has 2 aromatic rings. The van der Waals surface area contributed by atoms with E-state index in [0.29, 0.717) is 27.2 Å². The molecule has 1 N–H and O–H groups in total. The van der Waals surface area contributed by atoms with Gasteiger partial charge in [0.2, 0.25) is 11.8 Å². The lowest BCUT2D eigenvalue weighted by molar-refractivity contribution is -0.117. The summed E-state index contributed by atoms with van der Waals surface area (Å²) >= 11 is 12.0. The van der Waals surface area contributed by atoms with Crippen LogP contribution in [-0.4, -0.2) is 25.5 Å². The zero-order chi connectivity index (χ0) is 18.4. The number of nitrogens with one attached hydrogen (secondary N) is 1. The van der Waals surface area contributed by atoms with E-state index in [-0.39, 0.29) is 24.8 Å². The Bertz CT molecular complexity index is 763. The minimum absolute atomic E-state index is 0.130. The number of benzene rings is 2. The highest BCUT2D eigenvalue weighted by Crippen LogP contribution is 2.29. The Morgan fingerprint density at radius 3 is 2.36 bits per heavy atom. The number of hydrogen-bond acceptors (Lipinski definition) is 3. The number of anilines is 2.